The zero-order chi connectivity index (χ0) is 13.8. The van der Waals surface area contributed by atoms with E-state index in [1.54, 1.807) is 7.05 Å². The number of benzene rings is 1. The van der Waals surface area contributed by atoms with Gasteiger partial charge in [0.05, 0.1) is 17.9 Å². The van der Waals surface area contributed by atoms with Gasteiger partial charge in [0.15, 0.2) is 0 Å². The minimum atomic E-state index is -0.488. The summed E-state index contributed by atoms with van der Waals surface area (Å²) in [5.74, 6) is -1.39. The van der Waals surface area contributed by atoms with Gasteiger partial charge in [-0.15, -0.1) is 0 Å². The molecule has 2 nitrogen and oxygen atoms in total. The molecule has 0 aliphatic heterocycles. The Labute approximate surface area is 109 Å². The van der Waals surface area contributed by atoms with E-state index in [1.807, 2.05) is 0 Å². The van der Waals surface area contributed by atoms with Gasteiger partial charge in [0, 0.05) is 0 Å². The maximum atomic E-state index is 13.6. The van der Waals surface area contributed by atoms with E-state index in [9.17, 15) is 13.2 Å². The first kappa shape index (κ1) is 13.5. The number of pyridine rings is 1. The molecule has 1 aromatic carbocycles. The molecule has 1 unspecified atom stereocenters. The predicted octanol–water partition coefficient (Wildman–Crippen LogP) is 3.00. The van der Waals surface area contributed by atoms with E-state index in [0.29, 0.717) is 5.69 Å². The van der Waals surface area contributed by atoms with Crippen molar-refractivity contribution in [2.24, 2.45) is 0 Å². The Bertz CT molecular complexity index is 555. The third-order valence-corrected chi connectivity index (χ3v) is 2.89. The van der Waals surface area contributed by atoms with Gasteiger partial charge < -0.3 is 5.32 Å². The van der Waals surface area contributed by atoms with Crippen LogP contribution in [0.25, 0.3) is 0 Å². The van der Waals surface area contributed by atoms with Crippen molar-refractivity contribution in [3.05, 3.63) is 65.2 Å². The fourth-order valence-electron chi connectivity index (χ4n) is 1.87. The molecule has 0 amide bonds. The van der Waals surface area contributed by atoms with E-state index < -0.39 is 17.5 Å². The van der Waals surface area contributed by atoms with Gasteiger partial charge in [-0.1, -0.05) is 0 Å². The summed E-state index contributed by atoms with van der Waals surface area (Å²) in [5, 5.41) is 2.96. The minimum absolute atomic E-state index is 0.235. The van der Waals surface area contributed by atoms with E-state index in [0.717, 1.165) is 24.4 Å². The highest BCUT2D eigenvalue weighted by atomic mass is 19.1. The molecular formula is C14H13F3N2. The molecule has 0 saturated carbocycles. The Kier molecular flexibility index (Phi) is 4.16. The fourth-order valence-corrected chi connectivity index (χ4v) is 1.87. The van der Waals surface area contributed by atoms with Crippen molar-refractivity contribution in [1.82, 2.24) is 10.3 Å². The maximum absolute atomic E-state index is 13.6. The summed E-state index contributed by atoms with van der Waals surface area (Å²) in [6.45, 7) is 0. The fraction of sp³-hybridized carbons (Fsp3) is 0.214. The molecule has 1 aromatic heterocycles. The Balaban J connectivity index is 2.23. The molecular weight excluding hydrogens is 253 g/mol. The summed E-state index contributed by atoms with van der Waals surface area (Å²) < 4.78 is 39.5. The van der Waals surface area contributed by atoms with Crippen LogP contribution in [0.5, 0.6) is 0 Å². The molecule has 0 radical (unpaired) electrons. The van der Waals surface area contributed by atoms with Gasteiger partial charge in [-0.3, -0.25) is 4.98 Å². The van der Waals surface area contributed by atoms with E-state index in [4.69, 9.17) is 0 Å². The molecule has 1 heterocycles. The average Bonchev–Trinajstić information content (AvgIpc) is 2.41. The number of hydrogen-bond donors (Lipinski definition) is 1. The number of nitrogens with zero attached hydrogens (tertiary/aromatic N) is 1. The molecule has 1 N–H and O–H groups in total. The quantitative estimate of drug-likeness (QED) is 0.920. The third kappa shape index (κ3) is 3.32. The molecule has 0 fully saturated rings. The molecule has 1 atom stereocenters. The van der Waals surface area contributed by atoms with Crippen LogP contribution in [0, 0.1) is 17.5 Å². The summed E-state index contributed by atoms with van der Waals surface area (Å²) in [6, 6.07) is 5.82. The normalized spacial score (nSPS) is 12.4. The van der Waals surface area contributed by atoms with Crippen molar-refractivity contribution in [2.75, 3.05) is 7.05 Å². The topological polar surface area (TPSA) is 24.9 Å². The van der Waals surface area contributed by atoms with E-state index in [1.165, 1.54) is 12.1 Å². The molecule has 2 aromatic rings. The van der Waals surface area contributed by atoms with E-state index in [2.05, 4.69) is 10.3 Å². The van der Waals surface area contributed by atoms with Crippen LogP contribution in [0.1, 0.15) is 17.3 Å². The van der Waals surface area contributed by atoms with Gasteiger partial charge >= 0.3 is 0 Å². The second kappa shape index (κ2) is 5.84. The number of likely N-dealkylation sites (N-methyl/N-ethyl adjacent to an activating group) is 1. The third-order valence-electron chi connectivity index (χ3n) is 2.89. The summed E-state index contributed by atoms with van der Waals surface area (Å²) in [5.41, 5.74) is 0.832. The van der Waals surface area contributed by atoms with Crippen LogP contribution in [0.4, 0.5) is 13.2 Å². The lowest BCUT2D eigenvalue weighted by Gasteiger charge is -2.16. The van der Waals surface area contributed by atoms with Crippen molar-refractivity contribution in [3.8, 4) is 0 Å². The lowest BCUT2D eigenvalue weighted by Crippen LogP contribution is -2.20. The van der Waals surface area contributed by atoms with Gasteiger partial charge in [0.25, 0.3) is 0 Å². The number of nitrogens with one attached hydrogen (secondary N) is 1. The van der Waals surface area contributed by atoms with Crippen LogP contribution < -0.4 is 5.32 Å². The largest absolute Gasteiger partial charge is 0.311 e. The maximum Gasteiger partial charge on any atom is 0.141 e. The second-order valence-corrected chi connectivity index (χ2v) is 4.18. The molecule has 0 spiro atoms. The molecule has 19 heavy (non-hydrogen) atoms. The van der Waals surface area contributed by atoms with Gasteiger partial charge in [0.2, 0.25) is 0 Å². The average molecular weight is 266 g/mol. The highest BCUT2D eigenvalue weighted by Crippen LogP contribution is 2.19. The Hall–Kier alpha value is -1.88. The van der Waals surface area contributed by atoms with Crippen LogP contribution in [0.15, 0.2) is 36.5 Å². The van der Waals surface area contributed by atoms with Gasteiger partial charge in [-0.2, -0.15) is 0 Å². The Morgan fingerprint density at radius 3 is 2.47 bits per heavy atom. The first-order chi connectivity index (χ1) is 9.10. The van der Waals surface area contributed by atoms with Gasteiger partial charge in [0.1, 0.15) is 17.5 Å². The molecule has 2 rings (SSSR count). The predicted molar refractivity (Wildman–Crippen MR) is 66.1 cm³/mol. The molecule has 5 heteroatoms. The summed E-state index contributed by atoms with van der Waals surface area (Å²) in [4.78, 5) is 3.94. The second-order valence-electron chi connectivity index (χ2n) is 4.18. The van der Waals surface area contributed by atoms with Crippen LogP contribution in [-0.2, 0) is 6.42 Å². The Morgan fingerprint density at radius 2 is 1.84 bits per heavy atom. The smallest absolute Gasteiger partial charge is 0.141 e. The summed E-state index contributed by atoms with van der Waals surface area (Å²) in [7, 11) is 1.69. The monoisotopic (exact) mass is 266 g/mol. The first-order valence-electron chi connectivity index (χ1n) is 5.83. The molecule has 0 aliphatic carbocycles. The Morgan fingerprint density at radius 1 is 1.11 bits per heavy atom. The molecule has 0 aliphatic rings. The van der Waals surface area contributed by atoms with E-state index in [-0.39, 0.29) is 18.0 Å². The highest BCUT2D eigenvalue weighted by Gasteiger charge is 2.14. The van der Waals surface area contributed by atoms with Crippen molar-refractivity contribution in [1.29, 1.82) is 0 Å². The summed E-state index contributed by atoms with van der Waals surface area (Å²) in [6.07, 6.45) is 1.33. The number of halogens is 3. The SMILES string of the molecule is CNC(Cc1cc(F)ccc1F)c1ccc(F)cn1. The number of hydrogen-bond acceptors (Lipinski definition) is 2. The zero-order valence-electron chi connectivity index (χ0n) is 10.3. The van der Waals surface area contributed by atoms with Crippen LogP contribution >= 0.6 is 0 Å². The van der Waals surface area contributed by atoms with Crippen molar-refractivity contribution >= 4 is 0 Å². The number of aromatic nitrogens is 1. The van der Waals surface area contributed by atoms with Crippen molar-refractivity contribution in [2.45, 2.75) is 12.5 Å². The molecule has 0 bridgehead atoms. The van der Waals surface area contributed by atoms with Crippen molar-refractivity contribution < 1.29 is 13.2 Å². The summed E-state index contributed by atoms with van der Waals surface area (Å²) >= 11 is 0. The van der Waals surface area contributed by atoms with Gasteiger partial charge in [-0.25, -0.2) is 13.2 Å². The van der Waals surface area contributed by atoms with Crippen LogP contribution in [0.2, 0.25) is 0 Å². The standard InChI is InChI=1S/C14H13F3N2/c1-18-14(13-5-3-11(16)8-19-13)7-9-6-10(15)2-4-12(9)17/h2-6,8,14,18H,7H2,1H3. The molecule has 100 valence electrons. The lowest BCUT2D eigenvalue weighted by molar-refractivity contribution is 0.533. The van der Waals surface area contributed by atoms with Crippen LogP contribution in [0.3, 0.4) is 0 Å². The zero-order valence-corrected chi connectivity index (χ0v) is 10.3. The van der Waals surface area contributed by atoms with E-state index >= 15 is 0 Å². The lowest BCUT2D eigenvalue weighted by atomic mass is 10.0. The first-order valence-corrected chi connectivity index (χ1v) is 5.83. The highest BCUT2D eigenvalue weighted by molar-refractivity contribution is 5.22. The van der Waals surface area contributed by atoms with Crippen molar-refractivity contribution in [3.63, 3.8) is 0 Å². The number of rotatable bonds is 4. The van der Waals surface area contributed by atoms with Gasteiger partial charge in [-0.05, 0) is 49.4 Å². The van der Waals surface area contributed by atoms with Crippen LogP contribution in [-0.4, -0.2) is 12.0 Å². The molecule has 0 saturated heterocycles. The minimum Gasteiger partial charge on any atom is -0.311 e.